The SMILES string of the molecule is CN1C2CCCC1CC(NC(=O)N1CSCC1C(=O)O)C2. The van der Waals surface area contributed by atoms with Gasteiger partial charge in [-0.05, 0) is 32.7 Å². The molecule has 3 aliphatic rings. The molecule has 0 aliphatic carbocycles. The van der Waals surface area contributed by atoms with Crippen molar-refractivity contribution in [1.29, 1.82) is 0 Å². The van der Waals surface area contributed by atoms with E-state index in [-0.39, 0.29) is 12.1 Å². The van der Waals surface area contributed by atoms with Crippen LogP contribution in [0, 0.1) is 0 Å². The summed E-state index contributed by atoms with van der Waals surface area (Å²) in [6.45, 7) is 0. The highest BCUT2D eigenvalue weighted by Gasteiger charge is 2.39. The smallest absolute Gasteiger partial charge is 0.327 e. The Labute approximate surface area is 129 Å². The number of carbonyl (C=O) groups excluding carboxylic acids is 1. The zero-order chi connectivity index (χ0) is 15.0. The highest BCUT2D eigenvalue weighted by atomic mass is 32.2. The first-order chi connectivity index (χ1) is 10.1. The van der Waals surface area contributed by atoms with Gasteiger partial charge in [0.25, 0.3) is 0 Å². The molecule has 0 aromatic heterocycles. The normalized spacial score (nSPS) is 36.5. The molecule has 0 saturated carbocycles. The molecule has 2 bridgehead atoms. The summed E-state index contributed by atoms with van der Waals surface area (Å²) in [4.78, 5) is 27.4. The van der Waals surface area contributed by atoms with Crippen LogP contribution in [0.4, 0.5) is 4.79 Å². The number of carboxylic acids is 1. The second-order valence-electron chi connectivity index (χ2n) is 6.35. The average Bonchev–Trinajstić information content (AvgIpc) is 2.89. The molecule has 21 heavy (non-hydrogen) atoms. The number of carbonyl (C=O) groups is 2. The molecule has 0 aromatic rings. The van der Waals surface area contributed by atoms with Crippen LogP contribution in [-0.4, -0.2) is 69.8 Å². The zero-order valence-corrected chi connectivity index (χ0v) is 13.1. The third-order valence-corrected chi connectivity index (χ3v) is 6.11. The van der Waals surface area contributed by atoms with E-state index in [0.29, 0.717) is 23.7 Å². The third-order valence-electron chi connectivity index (χ3n) is 5.10. The highest BCUT2D eigenvalue weighted by molar-refractivity contribution is 7.99. The Morgan fingerprint density at radius 3 is 2.52 bits per heavy atom. The van der Waals surface area contributed by atoms with Crippen LogP contribution in [0.5, 0.6) is 0 Å². The second kappa shape index (κ2) is 6.04. The molecule has 3 unspecified atom stereocenters. The van der Waals surface area contributed by atoms with E-state index in [1.54, 1.807) is 0 Å². The van der Waals surface area contributed by atoms with Gasteiger partial charge in [-0.2, -0.15) is 0 Å². The van der Waals surface area contributed by atoms with Gasteiger partial charge in [-0.1, -0.05) is 6.42 Å². The van der Waals surface area contributed by atoms with Crippen molar-refractivity contribution >= 4 is 23.8 Å². The Morgan fingerprint density at radius 1 is 1.24 bits per heavy atom. The van der Waals surface area contributed by atoms with Gasteiger partial charge in [0.1, 0.15) is 6.04 Å². The fourth-order valence-electron chi connectivity index (χ4n) is 3.84. The number of hydrogen-bond acceptors (Lipinski definition) is 4. The third kappa shape index (κ3) is 2.99. The summed E-state index contributed by atoms with van der Waals surface area (Å²) < 4.78 is 0. The fraction of sp³-hybridized carbons (Fsp3) is 0.857. The first kappa shape index (κ1) is 15.0. The standard InChI is InChI=1S/C14H23N3O3S/c1-16-10-3-2-4-11(16)6-9(5-10)15-14(20)17-8-21-7-12(17)13(18)19/h9-12H,2-8H2,1H3,(H,15,20)(H,18,19). The van der Waals surface area contributed by atoms with E-state index in [0.717, 1.165) is 12.8 Å². The van der Waals surface area contributed by atoms with Crippen molar-refractivity contribution in [2.24, 2.45) is 0 Å². The van der Waals surface area contributed by atoms with E-state index >= 15 is 0 Å². The van der Waals surface area contributed by atoms with Crippen LogP contribution in [0.2, 0.25) is 0 Å². The summed E-state index contributed by atoms with van der Waals surface area (Å²) >= 11 is 1.50. The molecule has 0 radical (unpaired) electrons. The molecule has 3 fully saturated rings. The summed E-state index contributed by atoms with van der Waals surface area (Å²) in [6, 6.07) is 0.418. The van der Waals surface area contributed by atoms with Gasteiger partial charge in [-0.15, -0.1) is 11.8 Å². The topological polar surface area (TPSA) is 72.9 Å². The fourth-order valence-corrected chi connectivity index (χ4v) is 4.98. The largest absolute Gasteiger partial charge is 0.480 e. The molecule has 3 aliphatic heterocycles. The number of nitrogens with one attached hydrogen (secondary N) is 1. The Balaban J connectivity index is 1.59. The number of nitrogens with zero attached hydrogens (tertiary/aromatic N) is 2. The van der Waals surface area contributed by atoms with Crippen molar-refractivity contribution in [3.63, 3.8) is 0 Å². The van der Waals surface area contributed by atoms with Crippen molar-refractivity contribution in [2.45, 2.75) is 56.3 Å². The van der Waals surface area contributed by atoms with Crippen LogP contribution >= 0.6 is 11.8 Å². The van der Waals surface area contributed by atoms with Crippen molar-refractivity contribution in [2.75, 3.05) is 18.7 Å². The summed E-state index contributed by atoms with van der Waals surface area (Å²) in [5.41, 5.74) is 0. The van der Waals surface area contributed by atoms with E-state index in [9.17, 15) is 9.59 Å². The molecule has 2 N–H and O–H groups in total. The minimum absolute atomic E-state index is 0.184. The van der Waals surface area contributed by atoms with E-state index in [2.05, 4.69) is 17.3 Å². The number of thioether (sulfide) groups is 1. The van der Waals surface area contributed by atoms with Gasteiger partial charge in [0, 0.05) is 23.9 Å². The van der Waals surface area contributed by atoms with Crippen LogP contribution in [0.25, 0.3) is 0 Å². The predicted molar refractivity (Wildman–Crippen MR) is 81.3 cm³/mol. The van der Waals surface area contributed by atoms with Gasteiger partial charge in [0.15, 0.2) is 0 Å². The lowest BCUT2D eigenvalue weighted by Gasteiger charge is -2.47. The number of urea groups is 1. The number of hydrogen-bond donors (Lipinski definition) is 2. The Hall–Kier alpha value is -0.950. The minimum atomic E-state index is -0.907. The summed E-state index contributed by atoms with van der Waals surface area (Å²) in [5.74, 6) is 0.0550. The molecule has 3 heterocycles. The molecule has 3 saturated heterocycles. The summed E-state index contributed by atoms with van der Waals surface area (Å²) in [5, 5.41) is 12.2. The quantitative estimate of drug-likeness (QED) is 0.801. The number of rotatable bonds is 2. The lowest BCUT2D eigenvalue weighted by molar-refractivity contribution is -0.140. The number of aliphatic carboxylic acids is 1. The van der Waals surface area contributed by atoms with Crippen molar-refractivity contribution in [3.8, 4) is 0 Å². The maximum atomic E-state index is 12.4. The maximum absolute atomic E-state index is 12.4. The molecular weight excluding hydrogens is 290 g/mol. The lowest BCUT2D eigenvalue weighted by Crippen LogP contribution is -2.57. The Bertz CT molecular complexity index is 420. The van der Waals surface area contributed by atoms with E-state index in [1.165, 1.54) is 35.9 Å². The predicted octanol–water partition coefficient (Wildman–Crippen LogP) is 1.17. The lowest BCUT2D eigenvalue weighted by atomic mass is 9.82. The zero-order valence-electron chi connectivity index (χ0n) is 12.3. The number of amides is 2. The van der Waals surface area contributed by atoms with Gasteiger partial charge in [0.05, 0.1) is 5.88 Å². The molecule has 3 rings (SSSR count). The first-order valence-electron chi connectivity index (χ1n) is 7.66. The van der Waals surface area contributed by atoms with Crippen LogP contribution in [0.3, 0.4) is 0 Å². The average molecular weight is 313 g/mol. The van der Waals surface area contributed by atoms with Crippen LogP contribution in [0.15, 0.2) is 0 Å². The maximum Gasteiger partial charge on any atom is 0.327 e. The van der Waals surface area contributed by atoms with Crippen LogP contribution in [-0.2, 0) is 4.79 Å². The van der Waals surface area contributed by atoms with Gasteiger partial charge in [0.2, 0.25) is 0 Å². The summed E-state index contributed by atoms with van der Waals surface area (Å²) in [7, 11) is 2.18. The number of carboxylic acid groups (broad SMARTS) is 1. The van der Waals surface area contributed by atoms with Crippen LogP contribution < -0.4 is 5.32 Å². The monoisotopic (exact) mass is 313 g/mol. The molecule has 6 nitrogen and oxygen atoms in total. The molecule has 2 amide bonds. The van der Waals surface area contributed by atoms with E-state index in [1.807, 2.05) is 0 Å². The molecular formula is C14H23N3O3S. The Morgan fingerprint density at radius 2 is 1.90 bits per heavy atom. The minimum Gasteiger partial charge on any atom is -0.480 e. The van der Waals surface area contributed by atoms with Gasteiger partial charge in [-0.25, -0.2) is 9.59 Å². The van der Waals surface area contributed by atoms with Gasteiger partial charge < -0.3 is 20.2 Å². The second-order valence-corrected chi connectivity index (χ2v) is 7.35. The van der Waals surface area contributed by atoms with E-state index in [4.69, 9.17) is 5.11 Å². The molecule has 0 aromatic carbocycles. The van der Waals surface area contributed by atoms with Crippen LogP contribution in [0.1, 0.15) is 32.1 Å². The van der Waals surface area contributed by atoms with Gasteiger partial charge >= 0.3 is 12.0 Å². The highest BCUT2D eigenvalue weighted by Crippen LogP contribution is 2.33. The number of piperidine rings is 2. The number of fused-ring (bicyclic) bond motifs is 2. The Kier molecular flexibility index (Phi) is 4.31. The van der Waals surface area contributed by atoms with Crippen molar-refractivity contribution in [1.82, 2.24) is 15.1 Å². The van der Waals surface area contributed by atoms with Crippen molar-refractivity contribution < 1.29 is 14.7 Å². The van der Waals surface area contributed by atoms with E-state index < -0.39 is 12.0 Å². The molecule has 0 spiro atoms. The molecule has 7 heteroatoms. The summed E-state index contributed by atoms with van der Waals surface area (Å²) in [6.07, 6.45) is 5.66. The molecule has 3 atom stereocenters. The van der Waals surface area contributed by atoms with Crippen molar-refractivity contribution in [3.05, 3.63) is 0 Å². The molecule has 118 valence electrons. The van der Waals surface area contributed by atoms with Gasteiger partial charge in [-0.3, -0.25) is 0 Å². The first-order valence-corrected chi connectivity index (χ1v) is 8.81.